The number of benzene rings is 1. The first kappa shape index (κ1) is 14.7. The Labute approximate surface area is 128 Å². The molecule has 1 aromatic heterocycles. The van der Waals surface area contributed by atoms with Crippen LogP contribution >= 0.6 is 0 Å². The van der Waals surface area contributed by atoms with Crippen LogP contribution < -0.4 is 10.5 Å². The van der Waals surface area contributed by atoms with E-state index in [9.17, 15) is 15.0 Å². The highest BCUT2D eigenvalue weighted by Crippen LogP contribution is 2.34. The number of phenols is 2. The second-order valence-electron chi connectivity index (χ2n) is 5.62. The Morgan fingerprint density at radius 3 is 2.50 bits per heavy atom. The number of aryl methyl sites for hydroxylation is 1. The van der Waals surface area contributed by atoms with Crippen LogP contribution in [0.1, 0.15) is 12.5 Å². The zero-order chi connectivity index (χ0) is 15.9. The maximum Gasteiger partial charge on any atom is 0.360 e. The number of anilines is 1. The first-order valence-electron chi connectivity index (χ1n) is 7.48. The van der Waals surface area contributed by atoms with E-state index in [4.69, 9.17) is 4.42 Å². The molecule has 0 saturated carbocycles. The lowest BCUT2D eigenvalue weighted by Gasteiger charge is -2.35. The second kappa shape index (κ2) is 5.53. The van der Waals surface area contributed by atoms with E-state index in [1.54, 1.807) is 6.92 Å². The van der Waals surface area contributed by atoms with Crippen molar-refractivity contribution in [3.05, 3.63) is 28.1 Å². The van der Waals surface area contributed by atoms with Gasteiger partial charge in [-0.1, -0.05) is 6.92 Å². The lowest BCUT2D eigenvalue weighted by Crippen LogP contribution is -2.47. The molecule has 0 unspecified atom stereocenters. The van der Waals surface area contributed by atoms with Gasteiger partial charge >= 0.3 is 5.63 Å². The highest BCUT2D eigenvalue weighted by atomic mass is 16.4. The molecule has 0 spiro atoms. The summed E-state index contributed by atoms with van der Waals surface area (Å²) in [7, 11) is 0. The Hall–Kier alpha value is -2.21. The van der Waals surface area contributed by atoms with Gasteiger partial charge in [0.1, 0.15) is 22.8 Å². The fourth-order valence-electron chi connectivity index (χ4n) is 3.12. The van der Waals surface area contributed by atoms with Gasteiger partial charge in [0.15, 0.2) is 0 Å². The molecule has 0 atom stereocenters. The van der Waals surface area contributed by atoms with E-state index in [0.717, 1.165) is 32.7 Å². The molecule has 6 heteroatoms. The molecule has 1 fully saturated rings. The van der Waals surface area contributed by atoms with Gasteiger partial charge in [0.2, 0.25) is 0 Å². The van der Waals surface area contributed by atoms with Crippen LogP contribution in [0.25, 0.3) is 11.0 Å². The number of hydrogen-bond acceptors (Lipinski definition) is 6. The van der Waals surface area contributed by atoms with Crippen molar-refractivity contribution in [2.45, 2.75) is 13.8 Å². The van der Waals surface area contributed by atoms with E-state index in [1.165, 1.54) is 12.1 Å². The van der Waals surface area contributed by atoms with Gasteiger partial charge in [-0.05, 0) is 19.0 Å². The molecular weight excluding hydrogens is 284 g/mol. The Kier molecular flexibility index (Phi) is 3.70. The highest BCUT2D eigenvalue weighted by molar-refractivity contribution is 5.91. The molecule has 1 saturated heterocycles. The van der Waals surface area contributed by atoms with Gasteiger partial charge in [-0.15, -0.1) is 0 Å². The number of phenolic OH excluding ortho intramolecular Hbond substituents is 2. The minimum atomic E-state index is -0.431. The Bertz CT molecular complexity index is 761. The van der Waals surface area contributed by atoms with E-state index in [1.807, 2.05) is 4.90 Å². The number of rotatable bonds is 2. The molecule has 2 aromatic rings. The van der Waals surface area contributed by atoms with Crippen LogP contribution in [-0.4, -0.2) is 47.8 Å². The van der Waals surface area contributed by atoms with Gasteiger partial charge in [-0.2, -0.15) is 0 Å². The Balaban J connectivity index is 2.09. The summed E-state index contributed by atoms with van der Waals surface area (Å²) in [5.41, 5.74) is 0.967. The average Bonchev–Trinajstić information content (AvgIpc) is 2.46. The number of hydrogen-bond donors (Lipinski definition) is 2. The topological polar surface area (TPSA) is 77.2 Å². The lowest BCUT2D eigenvalue weighted by atomic mass is 10.1. The molecule has 1 aromatic carbocycles. The van der Waals surface area contributed by atoms with E-state index in [0.29, 0.717) is 16.6 Å². The van der Waals surface area contributed by atoms with Crippen LogP contribution in [0.2, 0.25) is 0 Å². The van der Waals surface area contributed by atoms with Crippen LogP contribution in [0.4, 0.5) is 5.69 Å². The number of piperazine rings is 1. The van der Waals surface area contributed by atoms with Crippen molar-refractivity contribution in [1.29, 1.82) is 0 Å². The SMILES string of the molecule is CCN1CCN(c2c(C)c3c(O)cc(O)cc3oc2=O)CC1. The second-order valence-corrected chi connectivity index (χ2v) is 5.62. The van der Waals surface area contributed by atoms with Crippen LogP contribution in [0, 0.1) is 6.92 Å². The highest BCUT2D eigenvalue weighted by Gasteiger charge is 2.23. The summed E-state index contributed by atoms with van der Waals surface area (Å²) in [6.07, 6.45) is 0. The quantitative estimate of drug-likeness (QED) is 0.822. The Morgan fingerprint density at radius 1 is 1.18 bits per heavy atom. The molecule has 1 aliphatic rings. The average molecular weight is 304 g/mol. The van der Waals surface area contributed by atoms with E-state index < -0.39 is 5.63 Å². The minimum absolute atomic E-state index is 0.0790. The fourth-order valence-corrected chi connectivity index (χ4v) is 3.12. The smallest absolute Gasteiger partial charge is 0.360 e. The molecule has 22 heavy (non-hydrogen) atoms. The molecule has 6 nitrogen and oxygen atoms in total. The predicted molar refractivity (Wildman–Crippen MR) is 84.9 cm³/mol. The molecule has 0 aliphatic carbocycles. The largest absolute Gasteiger partial charge is 0.508 e. The normalized spacial score (nSPS) is 16.4. The third-order valence-electron chi connectivity index (χ3n) is 4.33. The molecule has 0 amide bonds. The summed E-state index contributed by atoms with van der Waals surface area (Å²) in [5.74, 6) is -0.207. The Morgan fingerprint density at radius 2 is 1.86 bits per heavy atom. The van der Waals surface area contributed by atoms with Crippen molar-refractivity contribution in [3.8, 4) is 11.5 Å². The number of likely N-dealkylation sites (N-methyl/N-ethyl adjacent to an activating group) is 1. The number of aromatic hydroxyl groups is 2. The maximum absolute atomic E-state index is 12.3. The number of fused-ring (bicyclic) bond motifs is 1. The maximum atomic E-state index is 12.3. The van der Waals surface area contributed by atoms with Crippen molar-refractivity contribution in [1.82, 2.24) is 4.90 Å². The monoisotopic (exact) mass is 304 g/mol. The third kappa shape index (κ3) is 2.39. The van der Waals surface area contributed by atoms with E-state index in [2.05, 4.69) is 11.8 Å². The van der Waals surface area contributed by atoms with Gasteiger partial charge in [0, 0.05) is 38.3 Å². The van der Waals surface area contributed by atoms with Crippen molar-refractivity contribution >= 4 is 16.7 Å². The molecular formula is C16H20N2O4. The van der Waals surface area contributed by atoms with Gasteiger partial charge in [-0.3, -0.25) is 0 Å². The molecule has 3 rings (SSSR count). The summed E-state index contributed by atoms with van der Waals surface area (Å²) >= 11 is 0. The van der Waals surface area contributed by atoms with Crippen molar-refractivity contribution < 1.29 is 14.6 Å². The molecule has 2 heterocycles. The van der Waals surface area contributed by atoms with Crippen molar-refractivity contribution in [2.24, 2.45) is 0 Å². The van der Waals surface area contributed by atoms with Gasteiger partial charge in [-0.25, -0.2) is 4.79 Å². The van der Waals surface area contributed by atoms with Crippen LogP contribution in [-0.2, 0) is 0 Å². The van der Waals surface area contributed by atoms with Crippen LogP contribution in [0.15, 0.2) is 21.3 Å². The van der Waals surface area contributed by atoms with Crippen LogP contribution in [0.5, 0.6) is 11.5 Å². The zero-order valence-corrected chi connectivity index (χ0v) is 12.8. The first-order chi connectivity index (χ1) is 10.5. The molecule has 1 aliphatic heterocycles. The van der Waals surface area contributed by atoms with Gasteiger partial charge in [0.05, 0.1) is 5.39 Å². The summed E-state index contributed by atoms with van der Waals surface area (Å²) in [6, 6.07) is 2.61. The zero-order valence-electron chi connectivity index (χ0n) is 12.8. The standard InChI is InChI=1S/C16H20N2O4/c1-3-17-4-6-18(7-5-17)15-10(2)14-12(20)8-11(19)9-13(14)22-16(15)21/h8-9,19-20H,3-7H2,1-2H3. The van der Waals surface area contributed by atoms with Gasteiger partial charge in [0.25, 0.3) is 0 Å². The number of nitrogens with zero attached hydrogens (tertiary/aromatic N) is 2. The summed E-state index contributed by atoms with van der Waals surface area (Å²) in [6.45, 7) is 8.23. The predicted octanol–water partition coefficient (Wildman–Crippen LogP) is 1.65. The van der Waals surface area contributed by atoms with Crippen molar-refractivity contribution in [3.63, 3.8) is 0 Å². The van der Waals surface area contributed by atoms with E-state index >= 15 is 0 Å². The minimum Gasteiger partial charge on any atom is -0.508 e. The summed E-state index contributed by atoms with van der Waals surface area (Å²) in [4.78, 5) is 16.7. The first-order valence-corrected chi connectivity index (χ1v) is 7.48. The van der Waals surface area contributed by atoms with Crippen molar-refractivity contribution in [2.75, 3.05) is 37.6 Å². The fraction of sp³-hybridized carbons (Fsp3) is 0.438. The molecule has 118 valence electrons. The lowest BCUT2D eigenvalue weighted by molar-refractivity contribution is 0.270. The van der Waals surface area contributed by atoms with Gasteiger partial charge < -0.3 is 24.4 Å². The molecule has 2 N–H and O–H groups in total. The third-order valence-corrected chi connectivity index (χ3v) is 4.33. The molecule has 0 radical (unpaired) electrons. The molecule has 0 bridgehead atoms. The van der Waals surface area contributed by atoms with Crippen LogP contribution in [0.3, 0.4) is 0 Å². The summed E-state index contributed by atoms with van der Waals surface area (Å²) < 4.78 is 5.31. The van der Waals surface area contributed by atoms with E-state index in [-0.39, 0.29) is 17.1 Å². The summed E-state index contributed by atoms with van der Waals surface area (Å²) in [5, 5.41) is 20.1.